The van der Waals surface area contributed by atoms with Crippen LogP contribution in [-0.4, -0.2) is 24.3 Å². The summed E-state index contributed by atoms with van der Waals surface area (Å²) in [6, 6.07) is 0. The van der Waals surface area contributed by atoms with Crippen LogP contribution in [0.3, 0.4) is 0 Å². The largest absolute Gasteiger partial charge is 0.438 e. The minimum absolute atomic E-state index is 0.134. The van der Waals surface area contributed by atoms with Crippen molar-refractivity contribution in [2.45, 2.75) is 24.5 Å². The fraction of sp³-hybridized carbons (Fsp3) is 0.714. The van der Waals surface area contributed by atoms with Gasteiger partial charge in [-0.15, -0.1) is 0 Å². The van der Waals surface area contributed by atoms with Crippen LogP contribution in [0.25, 0.3) is 0 Å². The summed E-state index contributed by atoms with van der Waals surface area (Å²) in [5.74, 6) is -0.414. The summed E-state index contributed by atoms with van der Waals surface area (Å²) in [4.78, 5) is 13.0. The molecule has 2 heterocycles. The van der Waals surface area contributed by atoms with Gasteiger partial charge in [0.1, 0.15) is 5.25 Å². The van der Waals surface area contributed by atoms with Crippen LogP contribution in [0.5, 0.6) is 0 Å². The van der Waals surface area contributed by atoms with E-state index in [1.54, 1.807) is 0 Å². The summed E-state index contributed by atoms with van der Waals surface area (Å²) in [7, 11) is -3.16. The number of hydrogen-bond donors (Lipinski definition) is 1. The molecule has 0 amide bonds. The number of H-pyrrole nitrogens is 1. The Bertz CT molecular complexity index is 472. The summed E-state index contributed by atoms with van der Waals surface area (Å²) >= 11 is 0. The van der Waals surface area contributed by atoms with Crippen molar-refractivity contribution in [1.29, 1.82) is 0 Å². The fourth-order valence-corrected chi connectivity index (χ4v) is 3.50. The lowest BCUT2D eigenvalue weighted by molar-refractivity contribution is 0.378. The minimum Gasteiger partial charge on any atom is -0.296 e. The van der Waals surface area contributed by atoms with E-state index in [1.165, 1.54) is 0 Å². The van der Waals surface area contributed by atoms with Crippen molar-refractivity contribution in [3.63, 3.8) is 0 Å². The molecule has 14 heavy (non-hydrogen) atoms. The van der Waals surface area contributed by atoms with Gasteiger partial charge in [0.05, 0.1) is 5.75 Å². The van der Waals surface area contributed by atoms with Crippen molar-refractivity contribution in [1.82, 2.24) is 10.1 Å². The molecule has 1 aliphatic heterocycles. The average molecular weight is 218 g/mol. The first-order valence-corrected chi connectivity index (χ1v) is 6.08. The van der Waals surface area contributed by atoms with Gasteiger partial charge in [0, 0.05) is 0 Å². The Kier molecular flexibility index (Phi) is 2.18. The molecule has 1 aromatic rings. The van der Waals surface area contributed by atoms with Gasteiger partial charge >= 0.3 is 5.76 Å². The van der Waals surface area contributed by atoms with E-state index in [2.05, 4.69) is 14.7 Å². The molecule has 0 aliphatic carbocycles. The summed E-state index contributed by atoms with van der Waals surface area (Å²) in [5, 5.41) is 2.72. The average Bonchev–Trinajstić information content (AvgIpc) is 2.51. The van der Waals surface area contributed by atoms with Crippen molar-refractivity contribution in [3.8, 4) is 0 Å². The molecule has 0 saturated carbocycles. The highest BCUT2D eigenvalue weighted by Crippen LogP contribution is 2.30. The molecule has 0 bridgehead atoms. The second kappa shape index (κ2) is 3.23. The van der Waals surface area contributed by atoms with Gasteiger partial charge in [-0.25, -0.2) is 13.2 Å². The Balaban J connectivity index is 2.38. The van der Waals surface area contributed by atoms with E-state index in [9.17, 15) is 13.2 Å². The first-order valence-electron chi connectivity index (χ1n) is 4.37. The van der Waals surface area contributed by atoms with Crippen molar-refractivity contribution in [3.05, 3.63) is 16.4 Å². The number of nitrogens with one attached hydrogen (secondary N) is 1. The van der Waals surface area contributed by atoms with Gasteiger partial charge in [0.25, 0.3) is 0 Å². The van der Waals surface area contributed by atoms with E-state index in [0.717, 1.165) is 6.42 Å². The molecule has 1 atom stereocenters. The van der Waals surface area contributed by atoms with Gasteiger partial charge in [-0.2, -0.15) is 0 Å². The van der Waals surface area contributed by atoms with Gasteiger partial charge in [-0.3, -0.25) is 9.51 Å². The normalized spacial score (nSPS) is 26.1. The third kappa shape index (κ3) is 1.59. The van der Waals surface area contributed by atoms with Crippen LogP contribution in [-0.2, 0) is 9.84 Å². The Morgan fingerprint density at radius 3 is 2.79 bits per heavy atom. The first-order chi connectivity index (χ1) is 6.59. The molecule has 1 unspecified atom stereocenters. The predicted molar refractivity (Wildman–Crippen MR) is 47.5 cm³/mol. The Labute approximate surface area is 80.2 Å². The van der Waals surface area contributed by atoms with Gasteiger partial charge in [-0.05, 0) is 12.8 Å². The Morgan fingerprint density at radius 2 is 2.21 bits per heavy atom. The highest BCUT2D eigenvalue weighted by Gasteiger charge is 2.33. The summed E-state index contributed by atoms with van der Waals surface area (Å²) in [5.41, 5.74) is 0. The van der Waals surface area contributed by atoms with Crippen molar-refractivity contribution >= 4 is 9.84 Å². The third-order valence-electron chi connectivity index (χ3n) is 2.34. The number of sulfone groups is 1. The molecule has 0 aromatic carbocycles. The molecule has 1 saturated heterocycles. The quantitative estimate of drug-likeness (QED) is 0.716. The number of nitrogens with zero attached hydrogens (tertiary/aromatic N) is 1. The van der Waals surface area contributed by atoms with E-state index in [0.29, 0.717) is 12.8 Å². The van der Waals surface area contributed by atoms with Crippen molar-refractivity contribution in [2.24, 2.45) is 0 Å². The zero-order valence-electron chi connectivity index (χ0n) is 7.39. The summed E-state index contributed by atoms with van der Waals surface area (Å²) in [6.07, 6.45) is 2.02. The fourth-order valence-electron chi connectivity index (χ4n) is 1.64. The van der Waals surface area contributed by atoms with E-state index >= 15 is 0 Å². The smallest absolute Gasteiger partial charge is 0.296 e. The van der Waals surface area contributed by atoms with Gasteiger partial charge < -0.3 is 0 Å². The maximum atomic E-state index is 11.6. The van der Waals surface area contributed by atoms with Gasteiger partial charge in [-0.1, -0.05) is 11.6 Å². The van der Waals surface area contributed by atoms with Crippen LogP contribution < -0.4 is 5.76 Å². The summed E-state index contributed by atoms with van der Waals surface area (Å²) < 4.78 is 27.5. The molecule has 2 rings (SSSR count). The van der Waals surface area contributed by atoms with E-state index in [1.807, 2.05) is 0 Å². The highest BCUT2D eigenvalue weighted by atomic mass is 32.2. The second-order valence-electron chi connectivity index (χ2n) is 3.33. The molecule has 1 aromatic heterocycles. The molecule has 1 aliphatic rings. The molecule has 7 heteroatoms. The van der Waals surface area contributed by atoms with Crippen LogP contribution in [0.15, 0.2) is 9.32 Å². The second-order valence-corrected chi connectivity index (χ2v) is 5.63. The standard InChI is InChI=1S/C7H10N2O4S/c10-7-8-6(9-13-7)5-3-1-2-4-14(5,11)12/h5H,1-4H2,(H,8,9,10). The zero-order chi connectivity index (χ0) is 10.2. The molecule has 0 radical (unpaired) electrons. The lowest BCUT2D eigenvalue weighted by Gasteiger charge is -2.18. The topological polar surface area (TPSA) is 93.0 Å². The van der Waals surface area contributed by atoms with Crippen LogP contribution in [0, 0.1) is 0 Å². The number of rotatable bonds is 1. The summed E-state index contributed by atoms with van der Waals surface area (Å²) in [6.45, 7) is 0. The first kappa shape index (κ1) is 9.45. The van der Waals surface area contributed by atoms with E-state index in [4.69, 9.17) is 0 Å². The Morgan fingerprint density at radius 1 is 1.43 bits per heavy atom. The molecule has 1 fully saturated rings. The zero-order valence-corrected chi connectivity index (χ0v) is 8.21. The lowest BCUT2D eigenvalue weighted by Crippen LogP contribution is -2.22. The third-order valence-corrected chi connectivity index (χ3v) is 4.52. The molecular weight excluding hydrogens is 208 g/mol. The minimum atomic E-state index is -3.16. The van der Waals surface area contributed by atoms with Gasteiger partial charge in [0.2, 0.25) is 0 Å². The maximum Gasteiger partial charge on any atom is 0.438 e. The highest BCUT2D eigenvalue weighted by molar-refractivity contribution is 7.91. The van der Waals surface area contributed by atoms with Crippen molar-refractivity contribution in [2.75, 3.05) is 5.75 Å². The van der Waals surface area contributed by atoms with E-state index < -0.39 is 20.8 Å². The van der Waals surface area contributed by atoms with Crippen LogP contribution in [0.1, 0.15) is 30.3 Å². The molecule has 78 valence electrons. The SMILES string of the molecule is O=c1[nH]c(C2CCCCS2(=O)=O)no1. The molecule has 0 spiro atoms. The van der Waals surface area contributed by atoms with Crippen LogP contribution in [0.4, 0.5) is 0 Å². The predicted octanol–water partition coefficient (Wildman–Crippen LogP) is 0.00270. The number of aromatic nitrogens is 2. The molecule has 6 nitrogen and oxygen atoms in total. The number of hydrogen-bond acceptors (Lipinski definition) is 5. The molecular formula is C7H10N2O4S. The van der Waals surface area contributed by atoms with E-state index in [-0.39, 0.29) is 11.6 Å². The van der Waals surface area contributed by atoms with Crippen LogP contribution in [0.2, 0.25) is 0 Å². The van der Waals surface area contributed by atoms with Gasteiger partial charge in [0.15, 0.2) is 15.7 Å². The Hall–Kier alpha value is -1.11. The lowest BCUT2D eigenvalue weighted by atomic mass is 10.2. The molecule has 1 N–H and O–H groups in total. The monoisotopic (exact) mass is 218 g/mol. The van der Waals surface area contributed by atoms with Crippen molar-refractivity contribution < 1.29 is 12.9 Å². The maximum absolute atomic E-state index is 11.6. The number of aromatic amines is 1. The van der Waals surface area contributed by atoms with Crippen LogP contribution >= 0.6 is 0 Å².